The van der Waals surface area contributed by atoms with Crippen LogP contribution in [0, 0.1) is 0 Å². The van der Waals surface area contributed by atoms with Gasteiger partial charge in [0.25, 0.3) is 12.1 Å². The second-order valence-electron chi connectivity index (χ2n) is 5.83. The SMILES string of the molecule is COC1C(OP(C)(=O)S)C(CCP(=O)(O)O)OC1n1ccc(=O)[nH]c1=O. The van der Waals surface area contributed by atoms with Gasteiger partial charge in [0.2, 0.25) is 0 Å². The van der Waals surface area contributed by atoms with E-state index in [0.717, 1.165) is 10.6 Å². The Morgan fingerprint density at radius 2 is 2.00 bits per heavy atom. The lowest BCUT2D eigenvalue weighted by atomic mass is 10.1. The van der Waals surface area contributed by atoms with Crippen LogP contribution in [0.25, 0.3) is 0 Å². The Morgan fingerprint density at radius 3 is 2.50 bits per heavy atom. The molecule has 148 valence electrons. The highest BCUT2D eigenvalue weighted by Crippen LogP contribution is 2.52. The van der Waals surface area contributed by atoms with Crippen LogP contribution in [0.15, 0.2) is 21.9 Å². The van der Waals surface area contributed by atoms with Crippen molar-refractivity contribution in [2.24, 2.45) is 0 Å². The third-order valence-corrected chi connectivity index (χ3v) is 5.46. The van der Waals surface area contributed by atoms with Gasteiger partial charge in [-0.25, -0.2) is 4.79 Å². The maximum absolute atomic E-state index is 12.0. The van der Waals surface area contributed by atoms with Gasteiger partial charge in [-0.1, -0.05) is 12.2 Å². The Hall–Kier alpha value is -0.710. The fourth-order valence-electron chi connectivity index (χ4n) is 2.69. The zero-order valence-corrected chi connectivity index (χ0v) is 16.6. The van der Waals surface area contributed by atoms with E-state index in [1.807, 2.05) is 0 Å². The van der Waals surface area contributed by atoms with Crippen LogP contribution in [0.4, 0.5) is 0 Å². The predicted octanol–water partition coefficient (Wildman–Crippen LogP) is 0.155. The second kappa shape index (κ2) is 8.12. The monoisotopic (exact) mass is 430 g/mol. The summed E-state index contributed by atoms with van der Waals surface area (Å²) in [5.41, 5.74) is -1.36. The van der Waals surface area contributed by atoms with Gasteiger partial charge in [-0.3, -0.25) is 23.5 Å². The molecule has 0 bridgehead atoms. The summed E-state index contributed by atoms with van der Waals surface area (Å²) in [6.07, 6.45) is -3.33. The molecule has 0 radical (unpaired) electrons. The number of H-pyrrole nitrogens is 1. The molecule has 0 aromatic carbocycles. The summed E-state index contributed by atoms with van der Waals surface area (Å²) in [4.78, 5) is 43.5. The van der Waals surface area contributed by atoms with E-state index >= 15 is 0 Å². The van der Waals surface area contributed by atoms with E-state index in [-0.39, 0.29) is 6.42 Å². The first-order valence-electron chi connectivity index (χ1n) is 7.44. The van der Waals surface area contributed by atoms with Gasteiger partial charge in [0.1, 0.15) is 12.2 Å². The quantitative estimate of drug-likeness (QED) is 0.349. The highest BCUT2D eigenvalue weighted by atomic mass is 32.7. The molecule has 1 aliphatic rings. The molecule has 1 aromatic rings. The van der Waals surface area contributed by atoms with Gasteiger partial charge in [0.15, 0.2) is 6.23 Å². The van der Waals surface area contributed by atoms with E-state index in [4.69, 9.17) is 23.8 Å². The number of methoxy groups -OCH3 is 1. The van der Waals surface area contributed by atoms with Crippen molar-refractivity contribution >= 4 is 26.4 Å². The normalized spacial score (nSPS) is 28.8. The number of ether oxygens (including phenoxy) is 2. The number of hydrogen-bond acceptors (Lipinski definition) is 7. The minimum atomic E-state index is -4.31. The fraction of sp³-hybridized carbons (Fsp3) is 0.667. The second-order valence-corrected chi connectivity index (χ2v) is 11.6. The van der Waals surface area contributed by atoms with E-state index < -0.39 is 56.1 Å². The highest BCUT2D eigenvalue weighted by molar-refractivity contribution is 8.46. The number of nitrogens with one attached hydrogen (secondary N) is 1. The molecule has 1 saturated heterocycles. The largest absolute Gasteiger partial charge is 0.374 e. The molecule has 11 nitrogen and oxygen atoms in total. The number of hydrogen-bond donors (Lipinski definition) is 4. The first-order valence-corrected chi connectivity index (χ1v) is 12.5. The van der Waals surface area contributed by atoms with E-state index in [1.165, 1.54) is 20.0 Å². The summed E-state index contributed by atoms with van der Waals surface area (Å²) in [6, 6.07) is 1.11. The first kappa shape index (κ1) is 21.6. The third-order valence-electron chi connectivity index (χ3n) is 3.71. The Bertz CT molecular complexity index is 844. The van der Waals surface area contributed by atoms with Crippen LogP contribution >= 0.6 is 26.4 Å². The van der Waals surface area contributed by atoms with Crippen LogP contribution in [0.1, 0.15) is 12.6 Å². The lowest BCUT2D eigenvalue weighted by Gasteiger charge is -2.25. The zero-order valence-electron chi connectivity index (χ0n) is 13.9. The number of aromatic nitrogens is 2. The van der Waals surface area contributed by atoms with Gasteiger partial charge in [0, 0.05) is 26.0 Å². The minimum Gasteiger partial charge on any atom is -0.374 e. The van der Waals surface area contributed by atoms with Crippen LogP contribution < -0.4 is 11.2 Å². The average molecular weight is 430 g/mol. The van der Waals surface area contributed by atoms with Crippen molar-refractivity contribution < 1.29 is 32.9 Å². The molecule has 2 rings (SSSR count). The molecule has 26 heavy (non-hydrogen) atoms. The Morgan fingerprint density at radius 1 is 1.35 bits per heavy atom. The molecular weight excluding hydrogens is 410 g/mol. The molecule has 0 aliphatic carbocycles. The predicted molar refractivity (Wildman–Crippen MR) is 94.9 cm³/mol. The summed E-state index contributed by atoms with van der Waals surface area (Å²) in [5, 5.41) is 0. The summed E-state index contributed by atoms with van der Waals surface area (Å²) in [6.45, 7) is -2.06. The summed E-state index contributed by atoms with van der Waals surface area (Å²) < 4.78 is 40.7. The molecule has 1 aliphatic heterocycles. The van der Waals surface area contributed by atoms with Crippen molar-refractivity contribution in [1.82, 2.24) is 9.55 Å². The van der Waals surface area contributed by atoms with Gasteiger partial charge in [-0.05, 0) is 6.42 Å². The maximum Gasteiger partial charge on any atom is 0.330 e. The molecule has 0 saturated carbocycles. The number of nitrogens with zero attached hydrogens (tertiary/aromatic N) is 1. The summed E-state index contributed by atoms with van der Waals surface area (Å²) in [7, 11) is -2.99. The summed E-state index contributed by atoms with van der Waals surface area (Å²) in [5.74, 6) is 0. The molecule has 2 heterocycles. The van der Waals surface area contributed by atoms with Gasteiger partial charge in [-0.2, -0.15) is 0 Å². The van der Waals surface area contributed by atoms with Crippen molar-refractivity contribution in [2.75, 3.05) is 19.9 Å². The van der Waals surface area contributed by atoms with Crippen molar-refractivity contribution in [2.45, 2.75) is 31.0 Å². The highest BCUT2D eigenvalue weighted by Gasteiger charge is 2.49. The summed E-state index contributed by atoms with van der Waals surface area (Å²) >= 11 is 3.88. The van der Waals surface area contributed by atoms with Crippen molar-refractivity contribution in [1.29, 1.82) is 0 Å². The molecule has 1 fully saturated rings. The Labute approximate surface area is 153 Å². The maximum atomic E-state index is 12.0. The van der Waals surface area contributed by atoms with Gasteiger partial charge in [-0.15, -0.1) is 0 Å². The van der Waals surface area contributed by atoms with E-state index in [1.54, 1.807) is 0 Å². The van der Waals surface area contributed by atoms with E-state index in [9.17, 15) is 18.7 Å². The van der Waals surface area contributed by atoms with Crippen LogP contribution in [0.5, 0.6) is 0 Å². The fourth-order valence-corrected chi connectivity index (χ4v) is 4.32. The number of rotatable bonds is 7. The Kier molecular flexibility index (Phi) is 6.74. The van der Waals surface area contributed by atoms with E-state index in [2.05, 4.69) is 17.2 Å². The van der Waals surface area contributed by atoms with Crippen LogP contribution in [-0.4, -0.2) is 57.6 Å². The topological polar surface area (TPSA) is 157 Å². The average Bonchev–Trinajstić information content (AvgIpc) is 2.80. The molecule has 5 unspecified atom stereocenters. The number of thiol groups is 1. The van der Waals surface area contributed by atoms with Crippen molar-refractivity contribution in [3.63, 3.8) is 0 Å². The van der Waals surface area contributed by atoms with Gasteiger partial charge in [0.05, 0.1) is 12.3 Å². The first-order chi connectivity index (χ1) is 11.9. The molecule has 5 atom stereocenters. The molecule has 1 aromatic heterocycles. The van der Waals surface area contributed by atoms with Gasteiger partial charge < -0.3 is 23.8 Å². The molecule has 0 amide bonds. The van der Waals surface area contributed by atoms with Crippen LogP contribution in [-0.2, 0) is 23.1 Å². The number of aromatic amines is 1. The van der Waals surface area contributed by atoms with Crippen LogP contribution in [0.2, 0.25) is 0 Å². The zero-order chi connectivity index (χ0) is 19.7. The van der Waals surface area contributed by atoms with Crippen molar-refractivity contribution in [3.8, 4) is 0 Å². The van der Waals surface area contributed by atoms with Crippen LogP contribution in [0.3, 0.4) is 0 Å². The standard InChI is InChI=1S/C12H20N2O9P2S/c1-21-10-9(23-24(2,17)26)7(4-6-25(18,19)20)22-11(10)14-5-3-8(15)13-12(14)16/h3,5,7,9-11H,4,6H2,1-2H3,(H,17,26)(H,13,15,16)(H2,18,19,20). The lowest BCUT2D eigenvalue weighted by molar-refractivity contribution is -0.0537. The minimum absolute atomic E-state index is 0.128. The molecule has 14 heteroatoms. The molecular formula is C12H20N2O9P2S. The Balaban J connectivity index is 2.37. The van der Waals surface area contributed by atoms with E-state index in [0.29, 0.717) is 0 Å². The molecule has 0 spiro atoms. The van der Waals surface area contributed by atoms with Gasteiger partial charge >= 0.3 is 13.3 Å². The third kappa shape index (κ3) is 5.64. The van der Waals surface area contributed by atoms with Crippen molar-refractivity contribution in [3.05, 3.63) is 33.1 Å². The lowest BCUT2D eigenvalue weighted by Crippen LogP contribution is -2.39. The smallest absolute Gasteiger partial charge is 0.330 e. The molecule has 3 N–H and O–H groups in total.